The maximum atomic E-state index is 11.2. The Labute approximate surface area is 81.9 Å². The molecule has 14 heavy (non-hydrogen) atoms. The quantitative estimate of drug-likeness (QED) is 0.536. The van der Waals surface area contributed by atoms with E-state index in [0.29, 0.717) is 0 Å². The summed E-state index contributed by atoms with van der Waals surface area (Å²) in [5.74, 6) is 1.06. The van der Waals surface area contributed by atoms with Crippen LogP contribution in [0.25, 0.3) is 0 Å². The summed E-state index contributed by atoms with van der Waals surface area (Å²) in [7, 11) is 1.80. The van der Waals surface area contributed by atoms with Crippen LogP contribution in [0.4, 0.5) is 0 Å². The molecule has 76 valence electrons. The van der Waals surface area contributed by atoms with Crippen LogP contribution in [0.2, 0.25) is 0 Å². The highest BCUT2D eigenvalue weighted by molar-refractivity contribution is 6.70. The summed E-state index contributed by atoms with van der Waals surface area (Å²) in [4.78, 5) is 22.4. The minimum absolute atomic E-state index is 0.204. The van der Waals surface area contributed by atoms with Crippen molar-refractivity contribution >= 4 is 18.6 Å². The number of carbonyl (C=O) groups excluding carboxylic acids is 2. The van der Waals surface area contributed by atoms with Crippen molar-refractivity contribution in [3.63, 3.8) is 0 Å². The summed E-state index contributed by atoms with van der Waals surface area (Å²) in [5, 5.41) is 0. The van der Waals surface area contributed by atoms with Gasteiger partial charge >= 0.3 is 18.6 Å². The Morgan fingerprint density at radius 1 is 1.29 bits per heavy atom. The average molecular weight is 197 g/mol. The van der Waals surface area contributed by atoms with Crippen molar-refractivity contribution in [2.75, 3.05) is 20.1 Å². The Hall–Kier alpha value is -1.30. The predicted octanol–water partition coefficient (Wildman–Crippen LogP) is -0.399. The monoisotopic (exact) mass is 197 g/mol. The fourth-order valence-electron chi connectivity index (χ4n) is 2.16. The molecule has 0 spiro atoms. The van der Waals surface area contributed by atoms with Crippen LogP contribution in [0.5, 0.6) is 0 Å². The first-order chi connectivity index (χ1) is 6.51. The predicted molar refractivity (Wildman–Crippen MR) is 48.7 cm³/mol. The van der Waals surface area contributed by atoms with Crippen molar-refractivity contribution in [3.8, 4) is 0 Å². The van der Waals surface area contributed by atoms with E-state index in [4.69, 9.17) is 9.31 Å². The van der Waals surface area contributed by atoms with E-state index in [1.165, 1.54) is 0 Å². The SMILES string of the molecule is C/C=C/[B-]12OC(=O)C[N+]1(C)CC(=O)O2. The van der Waals surface area contributed by atoms with Crippen LogP contribution in [0.3, 0.4) is 0 Å². The molecule has 2 saturated heterocycles. The molecule has 2 fully saturated rings. The van der Waals surface area contributed by atoms with Crippen molar-refractivity contribution < 1.29 is 23.3 Å². The Bertz CT molecular complexity index is 318. The number of allylic oxidation sites excluding steroid dienone is 1. The summed E-state index contributed by atoms with van der Waals surface area (Å²) >= 11 is 0. The molecule has 0 aromatic rings. The molecule has 5 nitrogen and oxygen atoms in total. The van der Waals surface area contributed by atoms with Gasteiger partial charge in [-0.2, -0.15) is 0 Å². The summed E-state index contributed by atoms with van der Waals surface area (Å²) in [6.45, 7) is 0.295. The van der Waals surface area contributed by atoms with E-state index in [1.54, 1.807) is 26.0 Å². The van der Waals surface area contributed by atoms with E-state index in [0.717, 1.165) is 0 Å². The lowest BCUT2D eigenvalue weighted by Crippen LogP contribution is -2.58. The summed E-state index contributed by atoms with van der Waals surface area (Å²) in [6, 6.07) is 0. The van der Waals surface area contributed by atoms with E-state index in [-0.39, 0.29) is 29.4 Å². The first kappa shape index (κ1) is 9.27. The third-order valence-electron chi connectivity index (χ3n) is 2.89. The molecule has 2 aliphatic heterocycles. The molecular weight excluding hydrogens is 185 g/mol. The molecule has 0 aliphatic carbocycles. The zero-order chi connectivity index (χ0) is 10.4. The van der Waals surface area contributed by atoms with Crippen LogP contribution in [-0.2, 0) is 18.9 Å². The molecule has 0 unspecified atom stereocenters. The Morgan fingerprint density at radius 3 is 2.21 bits per heavy atom. The van der Waals surface area contributed by atoms with Crippen molar-refractivity contribution in [3.05, 3.63) is 12.1 Å². The van der Waals surface area contributed by atoms with Gasteiger partial charge in [0.2, 0.25) is 0 Å². The first-order valence-electron chi connectivity index (χ1n) is 4.58. The molecule has 0 N–H and O–H groups in total. The highest BCUT2D eigenvalue weighted by atomic mass is 16.7. The number of hydrogen-bond acceptors (Lipinski definition) is 4. The molecule has 2 rings (SSSR count). The first-order valence-corrected chi connectivity index (χ1v) is 4.58. The van der Waals surface area contributed by atoms with E-state index >= 15 is 0 Å². The number of quaternary nitrogens is 1. The maximum Gasteiger partial charge on any atom is 0.607 e. The molecule has 0 bridgehead atoms. The number of fused-ring (bicyclic) bond motifs is 1. The van der Waals surface area contributed by atoms with Crippen molar-refractivity contribution in [1.29, 1.82) is 0 Å². The van der Waals surface area contributed by atoms with Crippen LogP contribution < -0.4 is 0 Å². The van der Waals surface area contributed by atoms with Crippen molar-refractivity contribution in [2.45, 2.75) is 6.92 Å². The van der Waals surface area contributed by atoms with Crippen LogP contribution >= 0.6 is 0 Å². The van der Waals surface area contributed by atoms with Crippen molar-refractivity contribution in [2.24, 2.45) is 0 Å². The molecule has 0 radical (unpaired) electrons. The lowest BCUT2D eigenvalue weighted by Gasteiger charge is -2.37. The van der Waals surface area contributed by atoms with Crippen LogP contribution in [0.15, 0.2) is 12.1 Å². The molecule has 2 heterocycles. The Morgan fingerprint density at radius 2 is 1.79 bits per heavy atom. The second kappa shape index (κ2) is 2.60. The molecule has 2 aliphatic rings. The molecule has 0 aromatic heterocycles. The van der Waals surface area contributed by atoms with Gasteiger partial charge in [0.25, 0.3) is 0 Å². The number of rotatable bonds is 1. The highest BCUT2D eigenvalue weighted by Crippen LogP contribution is 2.34. The van der Waals surface area contributed by atoms with Gasteiger partial charge in [-0.1, -0.05) is 5.98 Å². The van der Waals surface area contributed by atoms with Crippen molar-refractivity contribution in [1.82, 2.24) is 0 Å². The third-order valence-corrected chi connectivity index (χ3v) is 2.89. The lowest BCUT2D eigenvalue weighted by atomic mass is 9.68. The normalized spacial score (nSPS) is 41.3. The summed E-state index contributed by atoms with van der Waals surface area (Å²) in [5.41, 5.74) is 0. The van der Waals surface area contributed by atoms with Gasteiger partial charge in [-0.05, 0) is 6.92 Å². The van der Waals surface area contributed by atoms with Crippen LogP contribution in [0.1, 0.15) is 6.92 Å². The number of likely N-dealkylation sites (N-methyl/N-ethyl adjacent to an activating group) is 1. The molecule has 0 aromatic carbocycles. The Kier molecular flexibility index (Phi) is 1.72. The zero-order valence-electron chi connectivity index (χ0n) is 8.23. The van der Waals surface area contributed by atoms with Gasteiger partial charge in [-0.3, -0.25) is 9.59 Å². The number of hydrogen-bond donors (Lipinski definition) is 0. The minimum atomic E-state index is -1.92. The highest BCUT2D eigenvalue weighted by Gasteiger charge is 2.63. The zero-order valence-corrected chi connectivity index (χ0v) is 8.23. The number of carbonyl (C=O) groups is 2. The molecule has 6 heteroatoms. The minimum Gasteiger partial charge on any atom is -0.596 e. The lowest BCUT2D eigenvalue weighted by molar-refractivity contribution is -0.791. The average Bonchev–Trinajstić information content (AvgIpc) is 2.33. The number of nitrogens with zero attached hydrogens (tertiary/aromatic N) is 1. The smallest absolute Gasteiger partial charge is 0.596 e. The molecule has 0 atom stereocenters. The largest absolute Gasteiger partial charge is 0.607 e. The molecule has 0 amide bonds. The van der Waals surface area contributed by atoms with Gasteiger partial charge in [-0.25, -0.2) is 0 Å². The summed E-state index contributed by atoms with van der Waals surface area (Å²) in [6.07, 6.45) is 1.74. The fourth-order valence-corrected chi connectivity index (χ4v) is 2.16. The van der Waals surface area contributed by atoms with Crippen LogP contribution in [-0.4, -0.2) is 43.2 Å². The van der Waals surface area contributed by atoms with E-state index < -0.39 is 6.69 Å². The van der Waals surface area contributed by atoms with Gasteiger partial charge in [0.15, 0.2) is 0 Å². The molecular formula is C8H12BNO4. The third kappa shape index (κ3) is 1.00. The van der Waals surface area contributed by atoms with Gasteiger partial charge in [0, 0.05) is 7.05 Å². The fraction of sp³-hybridized carbons (Fsp3) is 0.500. The summed E-state index contributed by atoms with van der Waals surface area (Å²) < 4.78 is 10.5. The second-order valence-corrected chi connectivity index (χ2v) is 4.03. The second-order valence-electron chi connectivity index (χ2n) is 4.03. The van der Waals surface area contributed by atoms with E-state index in [1.807, 2.05) is 0 Å². The van der Waals surface area contributed by atoms with E-state index in [2.05, 4.69) is 0 Å². The molecule has 0 saturated carbocycles. The van der Waals surface area contributed by atoms with Crippen LogP contribution in [0, 0.1) is 0 Å². The maximum absolute atomic E-state index is 11.2. The van der Waals surface area contributed by atoms with Gasteiger partial charge in [0.05, 0.1) is 0 Å². The topological polar surface area (TPSA) is 52.6 Å². The Balaban J connectivity index is 2.44. The van der Waals surface area contributed by atoms with Gasteiger partial charge in [0.1, 0.15) is 13.1 Å². The van der Waals surface area contributed by atoms with Gasteiger partial charge < -0.3 is 13.7 Å². The standard InChI is InChI=1S/C8H12BNO4/c1-3-4-9-10(2,5-7(11)13-9)6-8(12)14-9/h3-4H,5-6H2,1-2H3/b4-3+. The van der Waals surface area contributed by atoms with E-state index in [9.17, 15) is 9.59 Å². The van der Waals surface area contributed by atoms with Gasteiger partial charge in [-0.15, -0.1) is 6.08 Å².